The number of carbonyl (C=O) groups excluding carboxylic acids is 2. The molecule has 220 valence electrons. The van der Waals surface area contributed by atoms with Crippen molar-refractivity contribution in [2.45, 2.75) is 25.7 Å². The van der Waals surface area contributed by atoms with Gasteiger partial charge in [-0.1, -0.05) is 24.3 Å². The molecule has 2 aromatic carbocycles. The van der Waals surface area contributed by atoms with Gasteiger partial charge >= 0.3 is 12.2 Å². The van der Waals surface area contributed by atoms with E-state index in [0.717, 1.165) is 19.2 Å². The number of halogens is 4. The van der Waals surface area contributed by atoms with Gasteiger partial charge in [0.25, 0.3) is 0 Å². The molecule has 0 spiro atoms. The van der Waals surface area contributed by atoms with Crippen molar-refractivity contribution in [2.24, 2.45) is 0 Å². The van der Waals surface area contributed by atoms with E-state index in [2.05, 4.69) is 10.2 Å². The quantitative estimate of drug-likeness (QED) is 0.317. The lowest BCUT2D eigenvalue weighted by Gasteiger charge is -2.30. The minimum Gasteiger partial charge on any atom is -0.467 e. The maximum Gasteiger partial charge on any atom is 0.418 e. The Bertz CT molecular complexity index is 1260. The Labute approximate surface area is 235 Å². The molecule has 41 heavy (non-hydrogen) atoms. The van der Waals surface area contributed by atoms with Crippen LogP contribution in [-0.2, 0) is 28.8 Å². The predicted octanol–water partition coefficient (Wildman–Crippen LogP) is 5.22. The van der Waals surface area contributed by atoms with Gasteiger partial charge in [0, 0.05) is 32.7 Å². The summed E-state index contributed by atoms with van der Waals surface area (Å²) in [5.41, 5.74) is -0.716. The fraction of sp³-hybridized carbons (Fsp3) is 0.379. The number of nitrogens with one attached hydrogen (secondary N) is 1. The lowest BCUT2D eigenvalue weighted by molar-refractivity contribution is -0.137. The molecule has 4 rings (SSSR count). The van der Waals surface area contributed by atoms with Crippen LogP contribution >= 0.6 is 0 Å². The van der Waals surface area contributed by atoms with E-state index in [9.17, 15) is 27.2 Å². The Hall–Kier alpha value is -3.90. The molecule has 0 radical (unpaired) electrons. The lowest BCUT2D eigenvalue weighted by atomic mass is 10.1. The zero-order chi connectivity index (χ0) is 29.2. The van der Waals surface area contributed by atoms with Crippen molar-refractivity contribution in [3.63, 3.8) is 0 Å². The standard InChI is InChI=1S/C29H32F4N4O4/c30-23-10-8-22(9-11-23)19-37(20-24-5-3-16-41-24)27(38)21-36(13-4-12-35-14-17-40-18-15-35)28(39)34-26-7-2-1-6-25(26)29(31,32)33/h1-3,5-11,16H,4,12-15,17-21H2,(H,34,39). The average molecular weight is 577 g/mol. The lowest BCUT2D eigenvalue weighted by Crippen LogP contribution is -2.45. The number of amides is 3. The zero-order valence-corrected chi connectivity index (χ0v) is 22.4. The van der Waals surface area contributed by atoms with Gasteiger partial charge in [-0.2, -0.15) is 13.2 Å². The van der Waals surface area contributed by atoms with Crippen molar-refractivity contribution in [3.05, 3.63) is 89.6 Å². The molecule has 2 heterocycles. The van der Waals surface area contributed by atoms with E-state index in [1.165, 1.54) is 46.4 Å². The second-order valence-electron chi connectivity index (χ2n) is 9.66. The molecule has 0 unspecified atom stereocenters. The highest BCUT2D eigenvalue weighted by molar-refractivity contribution is 5.93. The highest BCUT2D eigenvalue weighted by atomic mass is 19.4. The van der Waals surface area contributed by atoms with Crippen LogP contribution in [0.2, 0.25) is 0 Å². The largest absolute Gasteiger partial charge is 0.467 e. The van der Waals surface area contributed by atoms with Crippen LogP contribution in [0.25, 0.3) is 0 Å². The minimum atomic E-state index is -4.67. The van der Waals surface area contributed by atoms with Gasteiger partial charge in [0.2, 0.25) is 5.91 Å². The van der Waals surface area contributed by atoms with E-state index in [0.29, 0.717) is 37.5 Å². The van der Waals surface area contributed by atoms with Gasteiger partial charge in [-0.15, -0.1) is 0 Å². The molecule has 0 bridgehead atoms. The first-order valence-corrected chi connectivity index (χ1v) is 13.3. The Balaban J connectivity index is 1.51. The number of ether oxygens (including phenoxy) is 1. The number of carbonyl (C=O) groups is 2. The molecular formula is C29H32F4N4O4. The number of furan rings is 1. The van der Waals surface area contributed by atoms with Crippen LogP contribution in [-0.4, -0.2) is 72.6 Å². The highest BCUT2D eigenvalue weighted by Gasteiger charge is 2.34. The SMILES string of the molecule is O=C(CN(CCCN1CCOCC1)C(=O)Nc1ccccc1C(F)(F)F)N(Cc1ccc(F)cc1)Cc1ccco1. The van der Waals surface area contributed by atoms with Crippen molar-refractivity contribution >= 4 is 17.6 Å². The molecule has 1 saturated heterocycles. The molecule has 3 aromatic rings. The van der Waals surface area contributed by atoms with Crippen molar-refractivity contribution in [2.75, 3.05) is 51.3 Å². The first-order chi connectivity index (χ1) is 19.7. The van der Waals surface area contributed by atoms with E-state index in [1.54, 1.807) is 24.3 Å². The summed E-state index contributed by atoms with van der Waals surface area (Å²) in [7, 11) is 0. The Kier molecular flexibility index (Phi) is 10.4. The van der Waals surface area contributed by atoms with Gasteiger partial charge in [-0.05, 0) is 48.4 Å². The minimum absolute atomic E-state index is 0.0867. The van der Waals surface area contributed by atoms with Crippen LogP contribution in [0.1, 0.15) is 23.3 Å². The molecule has 1 fully saturated rings. The van der Waals surface area contributed by atoms with Crippen molar-refractivity contribution in [1.29, 1.82) is 0 Å². The van der Waals surface area contributed by atoms with Crippen LogP contribution in [0.15, 0.2) is 71.3 Å². The van der Waals surface area contributed by atoms with Crippen LogP contribution in [0.5, 0.6) is 0 Å². The van der Waals surface area contributed by atoms with Gasteiger partial charge in [-0.25, -0.2) is 9.18 Å². The molecule has 1 N–H and O–H groups in total. The van der Waals surface area contributed by atoms with E-state index in [-0.39, 0.29) is 26.2 Å². The molecule has 3 amide bonds. The number of hydrogen-bond acceptors (Lipinski definition) is 5. The second-order valence-corrected chi connectivity index (χ2v) is 9.66. The van der Waals surface area contributed by atoms with Gasteiger partial charge in [0.05, 0.1) is 37.3 Å². The molecule has 0 saturated carbocycles. The van der Waals surface area contributed by atoms with Crippen molar-refractivity contribution in [3.8, 4) is 0 Å². The van der Waals surface area contributed by atoms with E-state index in [1.807, 2.05) is 0 Å². The number of anilines is 1. The molecular weight excluding hydrogens is 544 g/mol. The third-order valence-corrected chi connectivity index (χ3v) is 6.66. The monoisotopic (exact) mass is 576 g/mol. The number of para-hydroxylation sites is 1. The first-order valence-electron chi connectivity index (χ1n) is 13.3. The van der Waals surface area contributed by atoms with Crippen LogP contribution in [0, 0.1) is 5.82 Å². The van der Waals surface area contributed by atoms with Gasteiger partial charge < -0.3 is 24.3 Å². The number of urea groups is 1. The molecule has 1 aliphatic rings. The third-order valence-electron chi connectivity index (χ3n) is 6.66. The summed E-state index contributed by atoms with van der Waals surface area (Å²) in [6.45, 7) is 3.25. The van der Waals surface area contributed by atoms with Crippen molar-refractivity contribution in [1.82, 2.24) is 14.7 Å². The summed E-state index contributed by atoms with van der Waals surface area (Å²) in [4.78, 5) is 31.7. The number of hydrogen-bond donors (Lipinski definition) is 1. The summed E-state index contributed by atoms with van der Waals surface area (Å²) in [5.74, 6) is -0.362. The van der Waals surface area contributed by atoms with Crippen LogP contribution < -0.4 is 5.32 Å². The van der Waals surface area contributed by atoms with E-state index >= 15 is 0 Å². The number of benzene rings is 2. The average Bonchev–Trinajstić information content (AvgIpc) is 3.47. The van der Waals surface area contributed by atoms with E-state index < -0.39 is 35.2 Å². The van der Waals surface area contributed by atoms with Crippen LogP contribution in [0.3, 0.4) is 0 Å². The second kappa shape index (κ2) is 14.1. The molecule has 1 aromatic heterocycles. The van der Waals surface area contributed by atoms with E-state index in [4.69, 9.17) is 9.15 Å². The topological polar surface area (TPSA) is 78.3 Å². The maximum absolute atomic E-state index is 13.6. The molecule has 1 aliphatic heterocycles. The normalized spacial score (nSPS) is 14.0. The highest BCUT2D eigenvalue weighted by Crippen LogP contribution is 2.34. The Morgan fingerprint density at radius 3 is 2.34 bits per heavy atom. The molecule has 8 nitrogen and oxygen atoms in total. The fourth-order valence-electron chi connectivity index (χ4n) is 4.49. The summed E-state index contributed by atoms with van der Waals surface area (Å²) in [6.07, 6.45) is -2.70. The van der Waals surface area contributed by atoms with Crippen molar-refractivity contribution < 1.29 is 36.3 Å². The Morgan fingerprint density at radius 1 is 0.927 bits per heavy atom. The smallest absolute Gasteiger partial charge is 0.418 e. The summed E-state index contributed by atoms with van der Waals surface area (Å²) in [5, 5.41) is 2.35. The van der Waals surface area contributed by atoms with Crippen LogP contribution in [0.4, 0.5) is 28.0 Å². The molecule has 0 aliphatic carbocycles. The number of rotatable bonds is 11. The zero-order valence-electron chi connectivity index (χ0n) is 22.4. The first kappa shape index (κ1) is 30.1. The summed E-state index contributed by atoms with van der Waals surface area (Å²) >= 11 is 0. The van der Waals surface area contributed by atoms with Gasteiger partial charge in [0.15, 0.2) is 0 Å². The number of morpholine rings is 1. The Morgan fingerprint density at radius 2 is 1.66 bits per heavy atom. The molecule has 12 heteroatoms. The summed E-state index contributed by atoms with van der Waals surface area (Å²) < 4.78 is 64.9. The number of nitrogens with zero attached hydrogens (tertiary/aromatic N) is 3. The predicted molar refractivity (Wildman–Crippen MR) is 143 cm³/mol. The fourth-order valence-corrected chi connectivity index (χ4v) is 4.49. The maximum atomic E-state index is 13.6. The summed E-state index contributed by atoms with van der Waals surface area (Å²) in [6, 6.07) is 12.9. The number of alkyl halides is 3. The van der Waals surface area contributed by atoms with Gasteiger partial charge in [0.1, 0.15) is 18.1 Å². The van der Waals surface area contributed by atoms with Gasteiger partial charge in [-0.3, -0.25) is 9.69 Å². The molecule has 0 atom stereocenters. The third kappa shape index (κ3) is 9.05.